The molecule has 2 heterocycles. The number of hydrogen-bond donors (Lipinski definition) is 1. The first-order valence-corrected chi connectivity index (χ1v) is 6.20. The molecule has 1 atom stereocenters. The molecule has 0 aliphatic carbocycles. The lowest BCUT2D eigenvalue weighted by atomic mass is 10.2. The van der Waals surface area contributed by atoms with Crippen molar-refractivity contribution < 1.29 is 4.74 Å². The zero-order valence-electron chi connectivity index (χ0n) is 9.80. The van der Waals surface area contributed by atoms with Gasteiger partial charge in [0.05, 0.1) is 29.1 Å². The molecule has 1 unspecified atom stereocenters. The quantitative estimate of drug-likeness (QED) is 0.891. The van der Waals surface area contributed by atoms with Gasteiger partial charge in [0.25, 0.3) is 0 Å². The van der Waals surface area contributed by atoms with Crippen molar-refractivity contribution in [2.24, 2.45) is 12.8 Å². The summed E-state index contributed by atoms with van der Waals surface area (Å²) in [6, 6.07) is 0. The van der Waals surface area contributed by atoms with E-state index in [1.54, 1.807) is 0 Å². The van der Waals surface area contributed by atoms with Crippen LogP contribution in [-0.4, -0.2) is 47.0 Å². The van der Waals surface area contributed by atoms with Crippen LogP contribution in [0.3, 0.4) is 0 Å². The van der Waals surface area contributed by atoms with Gasteiger partial charge in [-0.15, -0.1) is 12.4 Å². The van der Waals surface area contributed by atoms with Gasteiger partial charge < -0.3 is 10.5 Å². The first-order valence-electron chi connectivity index (χ1n) is 5.41. The molecule has 1 aromatic rings. The molecular weight excluding hydrogens is 307 g/mol. The number of halogens is 2. The SMILES string of the molecule is Cl.Cn1ncc(Br)c1CN1CCOC(CN)C1. The van der Waals surface area contributed by atoms with Crippen LogP contribution in [0.4, 0.5) is 0 Å². The van der Waals surface area contributed by atoms with Gasteiger partial charge in [-0.25, -0.2) is 0 Å². The van der Waals surface area contributed by atoms with Crippen molar-refractivity contribution in [3.05, 3.63) is 16.4 Å². The van der Waals surface area contributed by atoms with Crippen LogP contribution in [0.15, 0.2) is 10.7 Å². The highest BCUT2D eigenvalue weighted by molar-refractivity contribution is 9.10. The second-order valence-electron chi connectivity index (χ2n) is 4.03. The van der Waals surface area contributed by atoms with E-state index in [2.05, 4.69) is 25.9 Å². The highest BCUT2D eigenvalue weighted by Crippen LogP contribution is 2.18. The average Bonchev–Trinajstić information content (AvgIpc) is 2.61. The fraction of sp³-hybridized carbons (Fsp3) is 0.700. The van der Waals surface area contributed by atoms with Crippen LogP contribution in [-0.2, 0) is 18.3 Å². The van der Waals surface area contributed by atoms with Crippen LogP contribution >= 0.6 is 28.3 Å². The van der Waals surface area contributed by atoms with Gasteiger partial charge in [0, 0.05) is 33.2 Å². The average molecular weight is 326 g/mol. The van der Waals surface area contributed by atoms with Gasteiger partial charge >= 0.3 is 0 Å². The fourth-order valence-corrected chi connectivity index (χ4v) is 2.37. The maximum atomic E-state index is 5.62. The minimum absolute atomic E-state index is 0. The highest BCUT2D eigenvalue weighted by Gasteiger charge is 2.20. The molecule has 0 spiro atoms. The highest BCUT2D eigenvalue weighted by atomic mass is 79.9. The molecule has 17 heavy (non-hydrogen) atoms. The summed E-state index contributed by atoms with van der Waals surface area (Å²) >= 11 is 3.51. The molecular formula is C10H18BrClN4O. The summed E-state index contributed by atoms with van der Waals surface area (Å²) in [5, 5.41) is 4.21. The Kier molecular flexibility index (Phi) is 5.88. The Morgan fingerprint density at radius 3 is 3.00 bits per heavy atom. The minimum atomic E-state index is 0. The number of ether oxygens (including phenoxy) is 1. The summed E-state index contributed by atoms with van der Waals surface area (Å²) in [6.45, 7) is 4.08. The van der Waals surface area contributed by atoms with Gasteiger partial charge in [0.1, 0.15) is 0 Å². The third kappa shape index (κ3) is 3.66. The van der Waals surface area contributed by atoms with Gasteiger partial charge in [0.2, 0.25) is 0 Å². The molecule has 0 aromatic carbocycles. The van der Waals surface area contributed by atoms with E-state index in [1.807, 2.05) is 17.9 Å². The molecule has 98 valence electrons. The van der Waals surface area contributed by atoms with Gasteiger partial charge in [-0.3, -0.25) is 9.58 Å². The molecule has 0 radical (unpaired) electrons. The monoisotopic (exact) mass is 324 g/mol. The van der Waals surface area contributed by atoms with E-state index in [9.17, 15) is 0 Å². The fourth-order valence-electron chi connectivity index (χ4n) is 1.89. The summed E-state index contributed by atoms with van der Waals surface area (Å²) < 4.78 is 8.50. The lowest BCUT2D eigenvalue weighted by Gasteiger charge is -2.32. The second-order valence-corrected chi connectivity index (χ2v) is 4.88. The summed E-state index contributed by atoms with van der Waals surface area (Å²) in [7, 11) is 1.96. The number of hydrogen-bond acceptors (Lipinski definition) is 4. The summed E-state index contributed by atoms with van der Waals surface area (Å²) in [5.74, 6) is 0. The molecule has 5 nitrogen and oxygen atoms in total. The van der Waals surface area contributed by atoms with Gasteiger partial charge in [-0.05, 0) is 15.9 Å². The minimum Gasteiger partial charge on any atom is -0.374 e. The number of morpholine rings is 1. The topological polar surface area (TPSA) is 56.3 Å². The van der Waals surface area contributed by atoms with Gasteiger partial charge in [-0.2, -0.15) is 5.10 Å². The van der Waals surface area contributed by atoms with E-state index in [0.717, 1.165) is 30.7 Å². The maximum absolute atomic E-state index is 5.62. The number of nitrogens with zero attached hydrogens (tertiary/aromatic N) is 3. The third-order valence-corrected chi connectivity index (χ3v) is 3.53. The largest absolute Gasteiger partial charge is 0.374 e. The predicted molar refractivity (Wildman–Crippen MR) is 72.2 cm³/mol. The molecule has 7 heteroatoms. The summed E-state index contributed by atoms with van der Waals surface area (Å²) in [6.07, 6.45) is 2.00. The lowest BCUT2D eigenvalue weighted by molar-refractivity contribution is -0.0267. The second kappa shape index (κ2) is 6.70. The Labute approximate surface area is 116 Å². The number of nitrogens with two attached hydrogens (primary N) is 1. The van der Waals surface area contributed by atoms with Crippen molar-refractivity contribution in [3.8, 4) is 0 Å². The standard InChI is InChI=1S/C10H17BrN4O.ClH/c1-14-10(9(11)5-13-14)7-15-2-3-16-8(4-12)6-15;/h5,8H,2-4,6-7,12H2,1H3;1H. The number of aromatic nitrogens is 2. The molecule has 0 saturated carbocycles. The van der Waals surface area contributed by atoms with E-state index in [-0.39, 0.29) is 18.5 Å². The Bertz CT molecular complexity index is 341. The van der Waals surface area contributed by atoms with Gasteiger partial charge in [-0.1, -0.05) is 0 Å². The zero-order valence-corrected chi connectivity index (χ0v) is 12.2. The lowest BCUT2D eigenvalue weighted by Crippen LogP contribution is -2.45. The molecule has 2 N–H and O–H groups in total. The molecule has 2 rings (SSSR count). The van der Waals surface area contributed by atoms with Crippen molar-refractivity contribution in [1.82, 2.24) is 14.7 Å². The van der Waals surface area contributed by atoms with Gasteiger partial charge in [0.15, 0.2) is 0 Å². The van der Waals surface area contributed by atoms with E-state index < -0.39 is 0 Å². The molecule has 0 bridgehead atoms. The smallest absolute Gasteiger partial charge is 0.0824 e. The molecule has 1 fully saturated rings. The van der Waals surface area contributed by atoms with E-state index >= 15 is 0 Å². The van der Waals surface area contributed by atoms with E-state index in [0.29, 0.717) is 6.54 Å². The Morgan fingerprint density at radius 2 is 2.41 bits per heavy atom. The maximum Gasteiger partial charge on any atom is 0.0824 e. The summed E-state index contributed by atoms with van der Waals surface area (Å²) in [4.78, 5) is 2.35. The van der Waals surface area contributed by atoms with Crippen molar-refractivity contribution >= 4 is 28.3 Å². The molecule has 1 aliphatic heterocycles. The van der Waals surface area contributed by atoms with Crippen LogP contribution < -0.4 is 5.73 Å². The van der Waals surface area contributed by atoms with Crippen LogP contribution in [0.25, 0.3) is 0 Å². The Balaban J connectivity index is 0.00000144. The Hall–Kier alpha value is -0.140. The molecule has 0 amide bonds. The van der Waals surface area contributed by atoms with Crippen molar-refractivity contribution in [3.63, 3.8) is 0 Å². The number of rotatable bonds is 3. The van der Waals surface area contributed by atoms with Crippen molar-refractivity contribution in [2.75, 3.05) is 26.2 Å². The van der Waals surface area contributed by atoms with Crippen molar-refractivity contribution in [1.29, 1.82) is 0 Å². The molecule has 1 aliphatic rings. The van der Waals surface area contributed by atoms with Crippen LogP contribution in [0.2, 0.25) is 0 Å². The Morgan fingerprint density at radius 1 is 1.65 bits per heavy atom. The van der Waals surface area contributed by atoms with E-state index in [4.69, 9.17) is 10.5 Å². The van der Waals surface area contributed by atoms with E-state index in [1.165, 1.54) is 5.69 Å². The van der Waals surface area contributed by atoms with Crippen molar-refractivity contribution in [2.45, 2.75) is 12.6 Å². The third-order valence-electron chi connectivity index (χ3n) is 2.87. The van der Waals surface area contributed by atoms with Crippen LogP contribution in [0.1, 0.15) is 5.69 Å². The zero-order chi connectivity index (χ0) is 11.5. The molecule has 1 aromatic heterocycles. The first-order chi connectivity index (χ1) is 7.70. The predicted octanol–water partition coefficient (Wildman–Crippen LogP) is 0.764. The normalized spacial score (nSPS) is 21.2. The van der Waals surface area contributed by atoms with Crippen LogP contribution in [0, 0.1) is 0 Å². The molecule has 1 saturated heterocycles. The van der Waals surface area contributed by atoms with Crippen LogP contribution in [0.5, 0.6) is 0 Å². The first kappa shape index (κ1) is 14.9. The summed E-state index contributed by atoms with van der Waals surface area (Å²) in [5.41, 5.74) is 6.81. The number of aryl methyl sites for hydroxylation is 1.